The molecule has 0 spiro atoms. The number of benzene rings is 5. The normalized spacial score (nSPS) is 13.7. The van der Waals surface area contributed by atoms with E-state index in [2.05, 4.69) is 27.7 Å². The van der Waals surface area contributed by atoms with E-state index in [0.717, 1.165) is 95.3 Å². The van der Waals surface area contributed by atoms with Gasteiger partial charge in [-0.25, -0.2) is 4.79 Å². The first-order valence-electron chi connectivity index (χ1n) is 32.9. The van der Waals surface area contributed by atoms with Crippen LogP contribution in [0.25, 0.3) is 43.1 Å². The molecule has 0 saturated heterocycles. The van der Waals surface area contributed by atoms with Crippen molar-refractivity contribution in [3.63, 3.8) is 0 Å². The number of fused-ring (bicyclic) bond motifs is 2. The molecule has 0 aromatic heterocycles. The van der Waals surface area contributed by atoms with E-state index in [-0.39, 0.29) is 40.9 Å². The Morgan fingerprint density at radius 3 is 0.911 bits per heavy atom. The zero-order chi connectivity index (χ0) is 55.9. The van der Waals surface area contributed by atoms with Gasteiger partial charge in [-0.2, -0.15) is 0 Å². The van der Waals surface area contributed by atoms with Gasteiger partial charge < -0.3 is 5.11 Å². The maximum atomic E-state index is 15.2. The second-order valence-electron chi connectivity index (χ2n) is 24.4. The number of carboxylic acid groups (broad SMARTS) is 1. The van der Waals surface area contributed by atoms with Crippen LogP contribution in [0, 0.1) is 0 Å². The summed E-state index contributed by atoms with van der Waals surface area (Å²) < 4.78 is 0. The molecule has 7 rings (SSSR count). The Labute approximate surface area is 476 Å². The average molecular weight is 1080 g/mol. The van der Waals surface area contributed by atoms with Crippen LogP contribution >= 0.6 is 0 Å². The Morgan fingerprint density at radius 2 is 0.595 bits per heavy atom. The third kappa shape index (κ3) is 15.6. The minimum atomic E-state index is -1.17. The van der Waals surface area contributed by atoms with Gasteiger partial charge >= 0.3 is 5.97 Å². The number of amides is 4. The largest absolute Gasteiger partial charge is 0.478 e. The van der Waals surface area contributed by atoms with Crippen molar-refractivity contribution in [2.24, 2.45) is 0 Å². The number of unbranched alkanes of at least 4 members (excludes halogenated alkanes) is 32. The van der Waals surface area contributed by atoms with Crippen LogP contribution in [-0.4, -0.2) is 56.6 Å². The van der Waals surface area contributed by atoms with Crippen molar-refractivity contribution in [3.8, 4) is 0 Å². The van der Waals surface area contributed by atoms with Crippen molar-refractivity contribution in [2.45, 2.75) is 297 Å². The summed E-state index contributed by atoms with van der Waals surface area (Å²) in [7, 11) is 0. The summed E-state index contributed by atoms with van der Waals surface area (Å²) in [5.74, 6) is -2.43. The first-order chi connectivity index (χ1) is 38.7. The summed E-state index contributed by atoms with van der Waals surface area (Å²) in [4.78, 5) is 77.1. The monoisotopic (exact) mass is 1080 g/mol. The fourth-order valence-corrected chi connectivity index (χ4v) is 13.8. The van der Waals surface area contributed by atoms with E-state index < -0.39 is 11.9 Å². The summed E-state index contributed by atoms with van der Waals surface area (Å²) in [5.41, 5.74) is 1.61. The number of nitrogens with zero attached hydrogens (tertiary/aromatic N) is 2. The van der Waals surface area contributed by atoms with Crippen molar-refractivity contribution in [3.05, 3.63) is 70.3 Å². The molecule has 0 radical (unpaired) electrons. The molecule has 8 heteroatoms. The maximum Gasteiger partial charge on any atom is 0.336 e. The van der Waals surface area contributed by atoms with E-state index in [0.29, 0.717) is 54.4 Å². The molecule has 0 unspecified atom stereocenters. The molecule has 0 fully saturated rings. The van der Waals surface area contributed by atoms with E-state index in [1.54, 1.807) is 11.0 Å². The van der Waals surface area contributed by atoms with E-state index in [4.69, 9.17) is 0 Å². The lowest BCUT2D eigenvalue weighted by Crippen LogP contribution is -2.47. The third-order valence-electron chi connectivity index (χ3n) is 18.3. The van der Waals surface area contributed by atoms with Gasteiger partial charge in [0.05, 0.1) is 5.56 Å². The number of rotatable bonds is 43. The van der Waals surface area contributed by atoms with Crippen LogP contribution in [0.5, 0.6) is 0 Å². The Morgan fingerprint density at radius 1 is 0.329 bits per heavy atom. The zero-order valence-electron chi connectivity index (χ0n) is 49.9. The van der Waals surface area contributed by atoms with Crippen LogP contribution in [0.2, 0.25) is 0 Å². The molecule has 8 nitrogen and oxygen atoms in total. The van der Waals surface area contributed by atoms with Gasteiger partial charge in [0.25, 0.3) is 23.6 Å². The number of imide groups is 2. The van der Waals surface area contributed by atoms with Crippen molar-refractivity contribution in [1.29, 1.82) is 0 Å². The molecule has 0 saturated carbocycles. The Kier molecular flexibility index (Phi) is 25.5. The predicted molar refractivity (Wildman–Crippen MR) is 331 cm³/mol. The van der Waals surface area contributed by atoms with E-state index >= 15 is 19.2 Å². The molecule has 432 valence electrons. The standard InChI is InChI=1S/C71H102N2O6/c1-5-9-13-17-21-25-29-33-37-41-52(42-38-34-30-26-22-18-14-10-6-2)72-67(74)57-48-45-54-55-46-49-59-65-60(51-61(71(78)79)63(66(55)65)56-47-50-58(68(72)75)64(57)62(54)56)70(77)73(69(59)76)53(43-39-35-31-27-23-19-15-11-7-3)44-40-36-32-28-24-20-16-12-8-4/h45-53H,5-44H2,1-4H3,(H,78,79). The lowest BCUT2D eigenvalue weighted by atomic mass is 9.80. The number of carbonyl (C=O) groups is 5. The van der Waals surface area contributed by atoms with Crippen molar-refractivity contribution < 1.29 is 29.1 Å². The number of hydrogen-bond donors (Lipinski definition) is 1. The first kappa shape index (κ1) is 61.8. The van der Waals surface area contributed by atoms with Crippen molar-refractivity contribution >= 4 is 72.7 Å². The van der Waals surface area contributed by atoms with Crippen LogP contribution in [0.3, 0.4) is 0 Å². The summed E-state index contributed by atoms with van der Waals surface area (Å²) in [5, 5.41) is 16.0. The van der Waals surface area contributed by atoms with Crippen molar-refractivity contribution in [2.75, 3.05) is 0 Å². The molecule has 0 bridgehead atoms. The lowest BCUT2D eigenvalue weighted by Gasteiger charge is -2.36. The Balaban J connectivity index is 1.17. The molecule has 0 atom stereocenters. The SMILES string of the molecule is CCCCCCCCCCCC(CCCCCCCCCCC)N1C(=O)c2ccc3c4ccc5c6c(cc(C(=O)O)c(c7ccc(c2c37)C1=O)c64)C(=O)N(C(CCCCCCCCCCC)CCCCCCCCCCC)C5=O. The molecule has 2 aliphatic rings. The third-order valence-corrected chi connectivity index (χ3v) is 18.3. The summed E-state index contributed by atoms with van der Waals surface area (Å²) in [6.45, 7) is 9.00. The van der Waals surface area contributed by atoms with E-state index in [1.165, 1.54) is 178 Å². The number of carboxylic acids is 1. The number of hydrogen-bond acceptors (Lipinski definition) is 5. The van der Waals surface area contributed by atoms with Gasteiger partial charge in [0.2, 0.25) is 0 Å². The predicted octanol–water partition coefficient (Wildman–Crippen LogP) is 21.0. The smallest absolute Gasteiger partial charge is 0.336 e. The molecular formula is C71H102N2O6. The minimum absolute atomic E-state index is 0.0126. The zero-order valence-corrected chi connectivity index (χ0v) is 49.9. The van der Waals surface area contributed by atoms with Gasteiger partial charge in [-0.05, 0) is 76.9 Å². The van der Waals surface area contributed by atoms with Crippen LogP contribution in [0.4, 0.5) is 0 Å². The van der Waals surface area contributed by atoms with Gasteiger partial charge in [-0.3, -0.25) is 29.0 Å². The summed E-state index contributed by atoms with van der Waals surface area (Å²) in [6.07, 6.45) is 46.1. The highest BCUT2D eigenvalue weighted by molar-refractivity contribution is 6.43. The van der Waals surface area contributed by atoms with E-state index in [9.17, 15) is 9.90 Å². The molecule has 2 aliphatic heterocycles. The fraction of sp³-hybridized carbons (Fsp3) is 0.648. The van der Waals surface area contributed by atoms with Crippen LogP contribution in [0.1, 0.15) is 336 Å². The molecule has 2 heterocycles. The fourth-order valence-electron chi connectivity index (χ4n) is 13.8. The minimum Gasteiger partial charge on any atom is -0.478 e. The van der Waals surface area contributed by atoms with Gasteiger partial charge in [0.1, 0.15) is 0 Å². The Bertz CT molecular complexity index is 2690. The average Bonchev–Trinajstić information content (AvgIpc) is 3.53. The molecule has 4 amide bonds. The maximum absolute atomic E-state index is 15.2. The highest BCUT2D eigenvalue weighted by Crippen LogP contribution is 2.48. The number of aromatic carboxylic acids is 1. The molecule has 79 heavy (non-hydrogen) atoms. The van der Waals surface area contributed by atoms with Crippen molar-refractivity contribution in [1.82, 2.24) is 9.80 Å². The molecule has 5 aromatic rings. The van der Waals surface area contributed by atoms with Gasteiger partial charge in [0, 0.05) is 50.5 Å². The number of carbonyl (C=O) groups excluding carboxylic acids is 4. The quantitative estimate of drug-likeness (QED) is 0.0180. The van der Waals surface area contributed by atoms with Gasteiger partial charge in [-0.15, -0.1) is 0 Å². The summed E-state index contributed by atoms with van der Waals surface area (Å²) >= 11 is 0. The second kappa shape index (κ2) is 32.6. The highest BCUT2D eigenvalue weighted by atomic mass is 16.4. The van der Waals surface area contributed by atoms with Crippen LogP contribution in [0.15, 0.2) is 42.5 Å². The first-order valence-corrected chi connectivity index (χ1v) is 32.9. The molecular weight excluding hydrogens is 977 g/mol. The molecule has 1 N–H and O–H groups in total. The lowest BCUT2D eigenvalue weighted by molar-refractivity contribution is 0.0501. The molecule has 0 aliphatic carbocycles. The van der Waals surface area contributed by atoms with Crippen LogP contribution in [-0.2, 0) is 0 Å². The van der Waals surface area contributed by atoms with Crippen LogP contribution < -0.4 is 0 Å². The topological polar surface area (TPSA) is 112 Å². The molecule has 5 aromatic carbocycles. The summed E-state index contributed by atoms with van der Waals surface area (Å²) in [6, 6.07) is 12.3. The highest BCUT2D eigenvalue weighted by Gasteiger charge is 2.41. The van der Waals surface area contributed by atoms with E-state index in [1.807, 2.05) is 30.3 Å². The van der Waals surface area contributed by atoms with Gasteiger partial charge in [-0.1, -0.05) is 277 Å². The second-order valence-corrected chi connectivity index (χ2v) is 24.4. The van der Waals surface area contributed by atoms with Gasteiger partial charge in [0.15, 0.2) is 0 Å². The Hall–Kier alpha value is -4.85.